The van der Waals surface area contributed by atoms with Crippen molar-refractivity contribution in [1.29, 1.82) is 0 Å². The van der Waals surface area contributed by atoms with Crippen LogP contribution in [0, 0.1) is 0 Å². The van der Waals surface area contributed by atoms with Crippen LogP contribution in [-0.4, -0.2) is 56.1 Å². The predicted molar refractivity (Wildman–Crippen MR) is 91.0 cm³/mol. The van der Waals surface area contributed by atoms with E-state index in [-0.39, 0.29) is 11.9 Å². The molecule has 1 aromatic carbocycles. The van der Waals surface area contributed by atoms with Crippen LogP contribution < -0.4 is 16.0 Å². The molecule has 1 fully saturated rings. The van der Waals surface area contributed by atoms with Crippen molar-refractivity contribution in [3.63, 3.8) is 0 Å². The monoisotopic (exact) mass is 304 g/mol. The molecule has 1 unspecified atom stereocenters. The minimum Gasteiger partial charge on any atom is -0.369 e. The number of rotatable bonds is 7. The quantitative estimate of drug-likeness (QED) is 0.790. The van der Waals surface area contributed by atoms with Crippen molar-refractivity contribution in [2.75, 3.05) is 44.2 Å². The molecule has 1 saturated heterocycles. The molecular formula is C17H28N4O. The molecule has 2 rings (SSSR count). The molecular weight excluding hydrogens is 276 g/mol. The Hall–Kier alpha value is -1.59. The first-order valence-corrected chi connectivity index (χ1v) is 8.21. The summed E-state index contributed by atoms with van der Waals surface area (Å²) in [6.07, 6.45) is 1.29. The Morgan fingerprint density at radius 1 is 1.23 bits per heavy atom. The van der Waals surface area contributed by atoms with Crippen LogP contribution in [0.1, 0.15) is 19.8 Å². The molecule has 1 aliphatic heterocycles. The van der Waals surface area contributed by atoms with Gasteiger partial charge in [0, 0.05) is 50.9 Å². The van der Waals surface area contributed by atoms with Crippen LogP contribution in [-0.2, 0) is 4.79 Å². The van der Waals surface area contributed by atoms with Gasteiger partial charge in [-0.15, -0.1) is 0 Å². The van der Waals surface area contributed by atoms with E-state index < -0.39 is 0 Å². The third-order valence-electron chi connectivity index (χ3n) is 4.04. The van der Waals surface area contributed by atoms with E-state index >= 15 is 0 Å². The zero-order valence-corrected chi connectivity index (χ0v) is 13.5. The first-order chi connectivity index (χ1) is 10.7. The van der Waals surface area contributed by atoms with Gasteiger partial charge in [0.2, 0.25) is 5.91 Å². The van der Waals surface area contributed by atoms with Crippen molar-refractivity contribution in [2.45, 2.75) is 25.8 Å². The van der Waals surface area contributed by atoms with E-state index in [1.54, 1.807) is 0 Å². The zero-order chi connectivity index (χ0) is 15.8. The number of amides is 1. The maximum absolute atomic E-state index is 11.7. The average molecular weight is 304 g/mol. The number of nitrogens with two attached hydrogens (primary N) is 1. The topological polar surface area (TPSA) is 61.6 Å². The van der Waals surface area contributed by atoms with Crippen LogP contribution in [0.3, 0.4) is 0 Å². The standard InChI is InChI=1S/C17H28N4O/c1-15(19-17(22)8-5-9-18)14-20-10-12-21(13-11-20)16-6-3-2-4-7-16/h2-4,6-7,15H,5,8-14,18H2,1H3,(H,19,22). The van der Waals surface area contributed by atoms with E-state index in [1.807, 2.05) is 0 Å². The fourth-order valence-corrected chi connectivity index (χ4v) is 2.87. The Bertz CT molecular complexity index is 443. The lowest BCUT2D eigenvalue weighted by molar-refractivity contribution is -0.121. The van der Waals surface area contributed by atoms with Gasteiger partial charge in [-0.2, -0.15) is 0 Å². The van der Waals surface area contributed by atoms with Crippen LogP contribution in [0.25, 0.3) is 0 Å². The van der Waals surface area contributed by atoms with E-state index in [1.165, 1.54) is 5.69 Å². The molecule has 0 spiro atoms. The summed E-state index contributed by atoms with van der Waals surface area (Å²) >= 11 is 0. The molecule has 5 heteroatoms. The molecule has 0 aromatic heterocycles. The van der Waals surface area contributed by atoms with Gasteiger partial charge >= 0.3 is 0 Å². The summed E-state index contributed by atoms with van der Waals surface area (Å²) in [7, 11) is 0. The molecule has 1 aliphatic rings. The summed E-state index contributed by atoms with van der Waals surface area (Å²) in [5.74, 6) is 0.112. The van der Waals surface area contributed by atoms with Crippen molar-refractivity contribution >= 4 is 11.6 Å². The van der Waals surface area contributed by atoms with E-state index in [0.29, 0.717) is 13.0 Å². The number of nitrogens with zero attached hydrogens (tertiary/aromatic N) is 2. The van der Waals surface area contributed by atoms with Gasteiger partial charge in [-0.3, -0.25) is 9.69 Å². The number of benzene rings is 1. The number of carbonyl (C=O) groups is 1. The second-order valence-corrected chi connectivity index (χ2v) is 5.98. The molecule has 0 bridgehead atoms. The van der Waals surface area contributed by atoms with Crippen LogP contribution in [0.2, 0.25) is 0 Å². The maximum atomic E-state index is 11.7. The number of hydrogen-bond acceptors (Lipinski definition) is 4. The van der Waals surface area contributed by atoms with E-state index in [9.17, 15) is 4.79 Å². The second-order valence-electron chi connectivity index (χ2n) is 5.98. The molecule has 1 atom stereocenters. The van der Waals surface area contributed by atoms with E-state index in [0.717, 1.165) is 39.1 Å². The van der Waals surface area contributed by atoms with Gasteiger partial charge < -0.3 is 16.0 Å². The molecule has 1 amide bonds. The lowest BCUT2D eigenvalue weighted by Crippen LogP contribution is -2.50. The van der Waals surface area contributed by atoms with Crippen molar-refractivity contribution in [3.05, 3.63) is 30.3 Å². The molecule has 5 nitrogen and oxygen atoms in total. The number of carbonyl (C=O) groups excluding carboxylic acids is 1. The molecule has 1 aromatic rings. The molecule has 0 radical (unpaired) electrons. The van der Waals surface area contributed by atoms with Gasteiger partial charge in [-0.1, -0.05) is 18.2 Å². The fraction of sp³-hybridized carbons (Fsp3) is 0.588. The minimum absolute atomic E-state index is 0.112. The zero-order valence-electron chi connectivity index (χ0n) is 13.5. The average Bonchev–Trinajstić information content (AvgIpc) is 2.54. The number of para-hydroxylation sites is 1. The highest BCUT2D eigenvalue weighted by molar-refractivity contribution is 5.76. The van der Waals surface area contributed by atoms with E-state index in [4.69, 9.17) is 5.73 Å². The number of hydrogen-bond donors (Lipinski definition) is 2. The lowest BCUT2D eigenvalue weighted by Gasteiger charge is -2.37. The molecule has 22 heavy (non-hydrogen) atoms. The first-order valence-electron chi connectivity index (χ1n) is 8.21. The Morgan fingerprint density at radius 2 is 1.91 bits per heavy atom. The van der Waals surface area contributed by atoms with Gasteiger partial charge in [-0.25, -0.2) is 0 Å². The molecule has 122 valence electrons. The van der Waals surface area contributed by atoms with Gasteiger partial charge in [-0.05, 0) is 32.0 Å². The SMILES string of the molecule is CC(CN1CCN(c2ccccc2)CC1)NC(=O)CCCN. The van der Waals surface area contributed by atoms with Gasteiger partial charge in [0.15, 0.2) is 0 Å². The number of nitrogens with one attached hydrogen (secondary N) is 1. The molecule has 0 aliphatic carbocycles. The van der Waals surface area contributed by atoms with Crippen LogP contribution >= 0.6 is 0 Å². The first kappa shape index (κ1) is 16.8. The largest absolute Gasteiger partial charge is 0.369 e. The third-order valence-corrected chi connectivity index (χ3v) is 4.04. The Labute approximate surface area is 133 Å². The highest BCUT2D eigenvalue weighted by atomic mass is 16.1. The van der Waals surface area contributed by atoms with Crippen LogP contribution in [0.4, 0.5) is 5.69 Å². The fourth-order valence-electron chi connectivity index (χ4n) is 2.87. The lowest BCUT2D eigenvalue weighted by atomic mass is 10.2. The summed E-state index contributed by atoms with van der Waals surface area (Å²) in [4.78, 5) is 16.5. The van der Waals surface area contributed by atoms with Crippen molar-refractivity contribution in [2.24, 2.45) is 5.73 Å². The molecule has 1 heterocycles. The second kappa shape index (κ2) is 8.76. The van der Waals surface area contributed by atoms with Gasteiger partial charge in [0.1, 0.15) is 0 Å². The Kier molecular flexibility index (Phi) is 6.68. The van der Waals surface area contributed by atoms with Crippen molar-refractivity contribution in [3.8, 4) is 0 Å². The Morgan fingerprint density at radius 3 is 2.55 bits per heavy atom. The third kappa shape index (κ3) is 5.31. The normalized spacial score (nSPS) is 17.3. The van der Waals surface area contributed by atoms with Gasteiger partial charge in [0.25, 0.3) is 0 Å². The molecule has 0 saturated carbocycles. The minimum atomic E-state index is 0.112. The number of anilines is 1. The number of piperazine rings is 1. The van der Waals surface area contributed by atoms with Crippen molar-refractivity contribution in [1.82, 2.24) is 10.2 Å². The maximum Gasteiger partial charge on any atom is 0.220 e. The van der Waals surface area contributed by atoms with E-state index in [2.05, 4.69) is 52.4 Å². The van der Waals surface area contributed by atoms with Crippen LogP contribution in [0.15, 0.2) is 30.3 Å². The summed E-state index contributed by atoms with van der Waals surface area (Å²) in [5, 5.41) is 3.06. The summed E-state index contributed by atoms with van der Waals surface area (Å²) < 4.78 is 0. The highest BCUT2D eigenvalue weighted by Gasteiger charge is 2.19. The smallest absolute Gasteiger partial charge is 0.220 e. The van der Waals surface area contributed by atoms with Gasteiger partial charge in [0.05, 0.1) is 0 Å². The Balaban J connectivity index is 1.69. The highest BCUT2D eigenvalue weighted by Crippen LogP contribution is 2.15. The summed E-state index contributed by atoms with van der Waals surface area (Å²) in [6.45, 7) is 7.72. The summed E-state index contributed by atoms with van der Waals surface area (Å²) in [6, 6.07) is 10.7. The van der Waals surface area contributed by atoms with Crippen LogP contribution in [0.5, 0.6) is 0 Å². The molecule has 3 N–H and O–H groups in total. The predicted octanol–water partition coefficient (Wildman–Crippen LogP) is 1.05. The summed E-state index contributed by atoms with van der Waals surface area (Å²) in [5.41, 5.74) is 6.72. The van der Waals surface area contributed by atoms with Crippen molar-refractivity contribution < 1.29 is 4.79 Å².